The zero-order valence-corrected chi connectivity index (χ0v) is 26.7. The van der Waals surface area contributed by atoms with E-state index in [1.54, 1.807) is 0 Å². The number of fused-ring (bicyclic) bond motifs is 3. The highest BCUT2D eigenvalue weighted by Crippen LogP contribution is 2.39. The van der Waals surface area contributed by atoms with Crippen molar-refractivity contribution in [3.63, 3.8) is 0 Å². The summed E-state index contributed by atoms with van der Waals surface area (Å²) in [6, 6.07) is 20.8. The summed E-state index contributed by atoms with van der Waals surface area (Å²) < 4.78 is 22.3. The van der Waals surface area contributed by atoms with Crippen molar-refractivity contribution in [3.05, 3.63) is 95.5 Å². The molecule has 0 radical (unpaired) electrons. The maximum Gasteiger partial charge on any atom is 0.355 e. The van der Waals surface area contributed by atoms with Gasteiger partial charge in [-0.3, -0.25) is 4.68 Å². The molecule has 2 aromatic heterocycles. The van der Waals surface area contributed by atoms with Gasteiger partial charge in [0, 0.05) is 35.0 Å². The number of carbonyl (C=O) groups is 1. The van der Waals surface area contributed by atoms with Crippen molar-refractivity contribution in [2.75, 3.05) is 40.5 Å². The molecule has 0 unspecified atom stereocenters. The normalized spacial score (nSPS) is 14.0. The second-order valence-electron chi connectivity index (χ2n) is 11.7. The second kappa shape index (κ2) is 13.7. The highest BCUT2D eigenvalue weighted by Gasteiger charge is 2.28. The maximum atomic E-state index is 13.7. The summed E-state index contributed by atoms with van der Waals surface area (Å²) in [7, 11) is 4.14. The molecule has 234 valence electrons. The van der Waals surface area contributed by atoms with Crippen LogP contribution in [0.5, 0.6) is 5.75 Å². The second-order valence-corrected chi connectivity index (χ2v) is 11.7. The third-order valence-electron chi connectivity index (χ3n) is 8.40. The van der Waals surface area contributed by atoms with Crippen LogP contribution < -0.4 is 4.74 Å². The number of rotatable bonds is 10. The van der Waals surface area contributed by atoms with Gasteiger partial charge >= 0.3 is 5.97 Å². The van der Waals surface area contributed by atoms with Crippen LogP contribution in [0.15, 0.2) is 72.8 Å². The highest BCUT2D eigenvalue weighted by atomic mass is 16.5. The minimum atomic E-state index is -0.303. The average molecular weight is 607 g/mol. The fraction of sp³-hybridized carbons (Fsp3) is 0.351. The lowest BCUT2D eigenvalue weighted by atomic mass is 9.98. The molecule has 45 heavy (non-hydrogen) atoms. The molecule has 0 bridgehead atoms. The average Bonchev–Trinajstić information content (AvgIpc) is 3.52. The number of hydrogen-bond donors (Lipinski definition) is 0. The van der Waals surface area contributed by atoms with E-state index in [4.69, 9.17) is 19.3 Å². The van der Waals surface area contributed by atoms with Crippen LogP contribution in [-0.4, -0.2) is 65.7 Å². The summed E-state index contributed by atoms with van der Waals surface area (Å²) in [5.41, 5.74) is 6.74. The molecule has 0 saturated carbocycles. The van der Waals surface area contributed by atoms with Crippen LogP contribution in [0.1, 0.15) is 40.8 Å². The van der Waals surface area contributed by atoms with Crippen molar-refractivity contribution in [2.24, 2.45) is 0 Å². The summed E-state index contributed by atoms with van der Waals surface area (Å²) in [5, 5.41) is 8.28. The number of aromatic nitrogens is 3. The first-order valence-corrected chi connectivity index (χ1v) is 15.8. The van der Waals surface area contributed by atoms with E-state index in [2.05, 4.69) is 77.6 Å². The Morgan fingerprint density at radius 1 is 1.02 bits per heavy atom. The molecule has 0 atom stereocenters. The predicted molar refractivity (Wildman–Crippen MR) is 179 cm³/mol. The summed E-state index contributed by atoms with van der Waals surface area (Å²) in [6.45, 7) is 7.84. The molecule has 1 aliphatic rings. The van der Waals surface area contributed by atoms with Crippen molar-refractivity contribution in [3.8, 4) is 16.9 Å². The molecule has 0 aliphatic carbocycles. The fourth-order valence-electron chi connectivity index (χ4n) is 6.38. The Labute approximate surface area is 264 Å². The quantitative estimate of drug-likeness (QED) is 0.0989. The first kappa shape index (κ1) is 30.6. The van der Waals surface area contributed by atoms with Gasteiger partial charge in [0.2, 0.25) is 0 Å². The molecule has 3 heterocycles. The van der Waals surface area contributed by atoms with Gasteiger partial charge in [0.05, 0.1) is 49.9 Å². The Morgan fingerprint density at radius 3 is 2.67 bits per heavy atom. The molecule has 8 heteroatoms. The predicted octanol–water partition coefficient (Wildman–Crippen LogP) is 6.80. The van der Waals surface area contributed by atoms with Gasteiger partial charge in [-0.05, 0) is 57.8 Å². The first-order chi connectivity index (χ1) is 22.0. The fourth-order valence-corrected chi connectivity index (χ4v) is 6.38. The first-order valence-electron chi connectivity index (χ1n) is 15.8. The molecular weight excluding hydrogens is 564 g/mol. The number of nitrogens with zero attached hydrogens (tertiary/aromatic N) is 4. The molecule has 1 aliphatic heterocycles. The van der Waals surface area contributed by atoms with Crippen LogP contribution in [0.4, 0.5) is 0 Å². The van der Waals surface area contributed by atoms with E-state index in [-0.39, 0.29) is 5.97 Å². The molecule has 0 amide bonds. The van der Waals surface area contributed by atoms with Gasteiger partial charge < -0.3 is 23.7 Å². The van der Waals surface area contributed by atoms with E-state index in [0.717, 1.165) is 75.0 Å². The Hall–Kier alpha value is -4.40. The number of ether oxygens (including phenoxy) is 3. The monoisotopic (exact) mass is 606 g/mol. The largest absolute Gasteiger partial charge is 0.493 e. The van der Waals surface area contributed by atoms with E-state index < -0.39 is 0 Å². The maximum absolute atomic E-state index is 13.7. The number of benzene rings is 3. The Balaban J connectivity index is 1.43. The van der Waals surface area contributed by atoms with Crippen molar-refractivity contribution in [1.29, 1.82) is 0 Å². The zero-order chi connectivity index (χ0) is 31.3. The highest BCUT2D eigenvalue weighted by molar-refractivity contribution is 6.05. The summed E-state index contributed by atoms with van der Waals surface area (Å²) >= 11 is 0. The molecule has 5 aromatic rings. The summed E-state index contributed by atoms with van der Waals surface area (Å²) in [6.07, 6.45) is 5.52. The molecule has 6 rings (SSSR count). The third-order valence-corrected chi connectivity index (χ3v) is 8.40. The zero-order valence-electron chi connectivity index (χ0n) is 26.7. The number of hydrogen-bond acceptors (Lipinski definition) is 6. The third kappa shape index (κ3) is 6.26. The van der Waals surface area contributed by atoms with E-state index >= 15 is 0 Å². The lowest BCUT2D eigenvalue weighted by Gasteiger charge is -2.14. The van der Waals surface area contributed by atoms with Crippen LogP contribution in [0.2, 0.25) is 0 Å². The molecular formula is C37H42N4O4. The SMILES string of the molecule is CCOC(=O)c1c(CCCOc2cccc3ccccc23)c2cccc3c2n1C/C=C\COCc1c-3c(C)nn1CCN(C)C. The molecule has 0 saturated heterocycles. The number of carbonyl (C=O) groups excluding carboxylic acids is 1. The van der Waals surface area contributed by atoms with Crippen molar-refractivity contribution in [1.82, 2.24) is 19.2 Å². The van der Waals surface area contributed by atoms with Gasteiger partial charge in [-0.2, -0.15) is 5.10 Å². The van der Waals surface area contributed by atoms with Crippen LogP contribution in [-0.2, 0) is 35.6 Å². The van der Waals surface area contributed by atoms with Gasteiger partial charge in [-0.15, -0.1) is 0 Å². The topological polar surface area (TPSA) is 70.7 Å². The number of esters is 1. The van der Waals surface area contributed by atoms with Gasteiger partial charge in [0.15, 0.2) is 0 Å². The van der Waals surface area contributed by atoms with Crippen LogP contribution >= 0.6 is 0 Å². The minimum Gasteiger partial charge on any atom is -0.493 e. The van der Waals surface area contributed by atoms with Crippen LogP contribution in [0.25, 0.3) is 32.8 Å². The number of para-hydroxylation sites is 1. The summed E-state index contributed by atoms with van der Waals surface area (Å²) in [5.74, 6) is 0.572. The van der Waals surface area contributed by atoms with Crippen LogP contribution in [0.3, 0.4) is 0 Å². The van der Waals surface area contributed by atoms with Gasteiger partial charge in [0.25, 0.3) is 0 Å². The molecule has 3 aromatic carbocycles. The Kier molecular flexibility index (Phi) is 9.33. The van der Waals surface area contributed by atoms with Crippen molar-refractivity contribution >= 4 is 27.6 Å². The molecule has 0 fully saturated rings. The van der Waals surface area contributed by atoms with E-state index in [9.17, 15) is 4.79 Å². The standard InChI is InChI=1S/C37H42N4O4/c1-5-44-37(42)36-30(18-12-24-45-33-19-10-14-27-13-6-7-15-28(27)33)29-16-11-17-31-34-26(2)38-41(22-21-39(3)4)32(34)25-43-23-9-8-20-40(36)35(29)31/h6-11,13-17,19H,5,12,18,20-25H2,1-4H3/b9-8-. The number of likely N-dealkylation sites (N-methyl/N-ethyl adjacent to an activating group) is 1. The van der Waals surface area contributed by atoms with Gasteiger partial charge in [0.1, 0.15) is 11.4 Å². The van der Waals surface area contributed by atoms with E-state index in [1.165, 1.54) is 0 Å². The lowest BCUT2D eigenvalue weighted by Crippen LogP contribution is -2.20. The van der Waals surface area contributed by atoms with Crippen molar-refractivity contribution in [2.45, 2.75) is 46.4 Å². The Morgan fingerprint density at radius 2 is 1.82 bits per heavy atom. The minimum absolute atomic E-state index is 0.303. The molecule has 0 N–H and O–H groups in total. The van der Waals surface area contributed by atoms with E-state index in [1.807, 2.05) is 37.3 Å². The smallest absolute Gasteiger partial charge is 0.355 e. The van der Waals surface area contributed by atoms with Crippen LogP contribution in [0, 0.1) is 6.92 Å². The summed E-state index contributed by atoms with van der Waals surface area (Å²) in [4.78, 5) is 15.9. The van der Waals surface area contributed by atoms with Gasteiger partial charge in [-0.1, -0.05) is 66.7 Å². The van der Waals surface area contributed by atoms with E-state index in [0.29, 0.717) is 45.1 Å². The molecule has 8 nitrogen and oxygen atoms in total. The lowest BCUT2D eigenvalue weighted by molar-refractivity contribution is 0.0513. The van der Waals surface area contributed by atoms with Gasteiger partial charge in [-0.25, -0.2) is 4.79 Å². The molecule has 0 spiro atoms. The number of aryl methyl sites for hydroxylation is 2. The Bertz CT molecular complexity index is 1840. The number of allylic oxidation sites excluding steroid dienone is 1. The van der Waals surface area contributed by atoms with Crippen molar-refractivity contribution < 1.29 is 19.0 Å².